The summed E-state index contributed by atoms with van der Waals surface area (Å²) in [6.45, 7) is 12.1. The minimum atomic E-state index is -4.73. The number of halogens is 1. The standard InChI is InChI=1S/C52H62FN7O8S/c1-5-41-46(26-39-40(53)27-54-49(39)56-41)68-45-23-33(58-21-19-52(20-22-58)29-59(30-52)43-12-8-11-37(43)36-10-7-6-9-35(36)31(2)3)13-14-38(45)50(61)57-69(65,66)34-24-44(60(63)64)48-47(25-34)67-28-42(55-48)32-15-17-51(4,62)18-16-32/h6-7,9-10,13-14,23-27,31-32,37,42-43,55,62H,5,8,11-12,15-22,28-30H2,1-4H3,(H,54,56)(H,57,61)/t32-,37-,42-,43-,51-/m1/s1. The lowest BCUT2D eigenvalue weighted by Crippen LogP contribution is -2.63. The number of nitrogens with one attached hydrogen (secondary N) is 3. The van der Waals surface area contributed by atoms with Gasteiger partial charge in [0.15, 0.2) is 11.4 Å². The van der Waals surface area contributed by atoms with Crippen molar-refractivity contribution >= 4 is 44.0 Å². The summed E-state index contributed by atoms with van der Waals surface area (Å²) < 4.78 is 57.6. The Balaban J connectivity index is 0.883. The summed E-state index contributed by atoms with van der Waals surface area (Å²) in [5.41, 5.74) is 3.47. The van der Waals surface area contributed by atoms with Crippen LogP contribution in [0.1, 0.15) is 124 Å². The van der Waals surface area contributed by atoms with Gasteiger partial charge in [-0.1, -0.05) is 51.5 Å². The molecule has 5 heterocycles. The smallest absolute Gasteiger partial charge is 0.297 e. The number of nitro groups is 1. The molecule has 4 N–H and O–H groups in total. The Hall–Kier alpha value is -5.78. The summed E-state index contributed by atoms with van der Waals surface area (Å²) in [6, 6.07) is 17.8. The van der Waals surface area contributed by atoms with Crippen molar-refractivity contribution in [2.75, 3.05) is 43.0 Å². The van der Waals surface area contributed by atoms with Crippen molar-refractivity contribution in [3.63, 3.8) is 0 Å². The SMILES string of the molecule is CCc1nc2[nH]cc(F)c2cc1Oc1cc(N2CCC3(CC2)CN([C@@H]2CCC[C@@H]2c2ccccc2C(C)C)C3)ccc1C(=O)NS(=O)(=O)c1cc2c(c([N+](=O)[O-])c1)N[C@@H]([C@H]1CC[C@](C)(O)CC1)CO2. The van der Waals surface area contributed by atoms with E-state index in [1.54, 1.807) is 19.1 Å². The molecule has 3 atom stereocenters. The number of aromatic nitrogens is 2. The fourth-order valence-corrected chi connectivity index (χ4v) is 12.9. The molecule has 2 aliphatic carbocycles. The molecular weight excluding hydrogens is 902 g/mol. The van der Waals surface area contributed by atoms with Crippen LogP contribution in [0.5, 0.6) is 17.2 Å². The monoisotopic (exact) mass is 963 g/mol. The first kappa shape index (κ1) is 46.9. The van der Waals surface area contributed by atoms with Gasteiger partial charge in [-0.2, -0.15) is 0 Å². The van der Waals surface area contributed by atoms with Crippen molar-refractivity contribution in [3.8, 4) is 17.2 Å². The van der Waals surface area contributed by atoms with E-state index in [0.29, 0.717) is 61.3 Å². The van der Waals surface area contributed by atoms with Gasteiger partial charge in [0.25, 0.3) is 21.6 Å². The van der Waals surface area contributed by atoms with Gasteiger partial charge >= 0.3 is 0 Å². The molecule has 10 rings (SSSR count). The van der Waals surface area contributed by atoms with Crippen LogP contribution in [0.2, 0.25) is 0 Å². The number of aryl methyl sites for hydroxylation is 1. The third kappa shape index (κ3) is 9.13. The second-order valence-electron chi connectivity index (χ2n) is 20.8. The van der Waals surface area contributed by atoms with Crippen LogP contribution in [0.3, 0.4) is 0 Å². The van der Waals surface area contributed by atoms with Crippen LogP contribution < -0.4 is 24.4 Å². The zero-order chi connectivity index (χ0) is 48.4. The first-order chi connectivity index (χ1) is 33.0. The van der Waals surface area contributed by atoms with E-state index < -0.39 is 42.9 Å². The summed E-state index contributed by atoms with van der Waals surface area (Å²) in [5, 5.41) is 26.3. The molecular formula is C52H62FN7O8S. The molecule has 2 aromatic heterocycles. The van der Waals surface area contributed by atoms with E-state index in [-0.39, 0.29) is 57.9 Å². The molecule has 17 heteroatoms. The minimum absolute atomic E-state index is 0.0236. The summed E-state index contributed by atoms with van der Waals surface area (Å²) in [4.78, 5) is 37.9. The van der Waals surface area contributed by atoms with Gasteiger partial charge in [0.05, 0.1) is 38.1 Å². The van der Waals surface area contributed by atoms with Gasteiger partial charge in [0.2, 0.25) is 0 Å². The van der Waals surface area contributed by atoms with Crippen LogP contribution in [0.15, 0.2) is 71.8 Å². The topological polar surface area (TPSA) is 192 Å². The molecule has 0 bridgehead atoms. The lowest BCUT2D eigenvalue weighted by Gasteiger charge is -2.57. The average Bonchev–Trinajstić information content (AvgIpc) is 3.96. The molecule has 1 amide bonds. The molecule has 69 heavy (non-hydrogen) atoms. The number of piperidine rings is 1. The highest BCUT2D eigenvalue weighted by atomic mass is 32.2. The van der Waals surface area contributed by atoms with Crippen LogP contribution in [0, 0.1) is 27.3 Å². The predicted molar refractivity (Wildman–Crippen MR) is 262 cm³/mol. The van der Waals surface area contributed by atoms with E-state index in [0.717, 1.165) is 50.8 Å². The third-order valence-corrected chi connectivity index (χ3v) is 17.2. The van der Waals surface area contributed by atoms with Gasteiger partial charge in [0.1, 0.15) is 29.6 Å². The largest absolute Gasteiger partial charge is 0.489 e. The maximum absolute atomic E-state index is 14.9. The van der Waals surface area contributed by atoms with Gasteiger partial charge in [-0.25, -0.2) is 22.5 Å². The molecule has 2 saturated heterocycles. The van der Waals surface area contributed by atoms with E-state index in [9.17, 15) is 32.8 Å². The summed E-state index contributed by atoms with van der Waals surface area (Å²) in [5.74, 6) is -0.220. The van der Waals surface area contributed by atoms with Crippen molar-refractivity contribution in [3.05, 3.63) is 105 Å². The average molecular weight is 964 g/mol. The Morgan fingerprint density at radius 1 is 1.04 bits per heavy atom. The van der Waals surface area contributed by atoms with Crippen LogP contribution in [-0.2, 0) is 16.4 Å². The highest BCUT2D eigenvalue weighted by Crippen LogP contribution is 2.49. The lowest BCUT2D eigenvalue weighted by molar-refractivity contribution is -0.384. The maximum Gasteiger partial charge on any atom is 0.297 e. The fraction of sp³-hybridized carbons (Fsp3) is 0.500. The molecule has 3 aliphatic heterocycles. The van der Waals surface area contributed by atoms with E-state index in [4.69, 9.17) is 9.47 Å². The van der Waals surface area contributed by atoms with Crippen molar-refractivity contribution in [1.29, 1.82) is 0 Å². The fourth-order valence-electron chi connectivity index (χ4n) is 11.9. The number of benzene rings is 3. The van der Waals surface area contributed by atoms with E-state index in [2.05, 4.69) is 67.9 Å². The van der Waals surface area contributed by atoms with Gasteiger partial charge in [-0.05, 0) is 117 Å². The molecule has 1 spiro atoms. The molecule has 3 aromatic carbocycles. The molecule has 366 valence electrons. The number of anilines is 2. The summed E-state index contributed by atoms with van der Waals surface area (Å²) >= 11 is 0. The quantitative estimate of drug-likeness (QED) is 0.0685. The number of hydrogen-bond acceptors (Lipinski definition) is 12. The normalized spacial score (nSPS) is 24.7. The van der Waals surface area contributed by atoms with Crippen molar-refractivity contribution in [2.45, 2.75) is 126 Å². The number of carbonyl (C=O) groups is 1. The van der Waals surface area contributed by atoms with E-state index >= 15 is 0 Å². The Bertz CT molecular complexity index is 2900. The number of amides is 1. The molecule has 2 saturated carbocycles. The minimum Gasteiger partial charge on any atom is -0.489 e. The zero-order valence-electron chi connectivity index (χ0n) is 39.7. The number of ether oxygens (including phenoxy) is 2. The highest BCUT2D eigenvalue weighted by Gasteiger charge is 2.49. The molecule has 5 aliphatic rings. The Kier molecular flexibility index (Phi) is 12.4. The van der Waals surface area contributed by atoms with Crippen molar-refractivity contribution < 1.29 is 37.1 Å². The number of fused-ring (bicyclic) bond motifs is 2. The number of nitro benzene ring substituents is 1. The molecule has 4 fully saturated rings. The summed E-state index contributed by atoms with van der Waals surface area (Å²) in [7, 11) is -4.73. The van der Waals surface area contributed by atoms with Crippen LogP contribution in [0.25, 0.3) is 11.0 Å². The first-order valence-electron chi connectivity index (χ1n) is 24.6. The number of likely N-dealkylation sites (tertiary alicyclic amines) is 1. The molecule has 0 unspecified atom stereocenters. The third-order valence-electron chi connectivity index (χ3n) is 15.9. The Morgan fingerprint density at radius 3 is 2.52 bits per heavy atom. The molecule has 0 radical (unpaired) electrons. The van der Waals surface area contributed by atoms with E-state index in [1.165, 1.54) is 54.8 Å². The van der Waals surface area contributed by atoms with Gasteiger partial charge in [-0.15, -0.1) is 0 Å². The van der Waals surface area contributed by atoms with Crippen molar-refractivity contribution in [1.82, 2.24) is 19.6 Å². The highest BCUT2D eigenvalue weighted by molar-refractivity contribution is 7.90. The summed E-state index contributed by atoms with van der Waals surface area (Å²) in [6.07, 6.45) is 9.85. The van der Waals surface area contributed by atoms with E-state index in [1.807, 2.05) is 6.92 Å². The number of pyridine rings is 1. The Morgan fingerprint density at radius 2 is 1.80 bits per heavy atom. The van der Waals surface area contributed by atoms with Gasteiger partial charge < -0.3 is 29.8 Å². The number of nitrogens with zero attached hydrogens (tertiary/aromatic N) is 4. The van der Waals surface area contributed by atoms with Crippen LogP contribution in [-0.4, -0.2) is 89.7 Å². The van der Waals surface area contributed by atoms with Crippen LogP contribution >= 0.6 is 0 Å². The van der Waals surface area contributed by atoms with Crippen molar-refractivity contribution in [2.24, 2.45) is 11.3 Å². The Labute approximate surface area is 402 Å². The number of sulfonamides is 1. The molecule has 15 nitrogen and oxygen atoms in total. The first-order valence-corrected chi connectivity index (χ1v) is 26.1. The number of aliphatic hydroxyl groups is 1. The number of aromatic amines is 1. The second kappa shape index (κ2) is 18.2. The van der Waals surface area contributed by atoms with Gasteiger partial charge in [-0.3, -0.25) is 19.8 Å². The lowest BCUT2D eigenvalue weighted by atomic mass is 9.70. The number of rotatable bonds is 12. The number of H-pyrrole nitrogens is 1. The number of hydrogen-bond donors (Lipinski definition) is 4. The molecule has 5 aromatic rings. The van der Waals surface area contributed by atoms with Crippen LogP contribution in [0.4, 0.5) is 21.5 Å². The predicted octanol–water partition coefficient (Wildman–Crippen LogP) is 9.56. The number of carbonyl (C=O) groups excluding carboxylic acids is 1. The zero-order valence-corrected chi connectivity index (χ0v) is 40.5. The van der Waals surface area contributed by atoms with Gasteiger partial charge in [0, 0.05) is 62.3 Å². The second-order valence-corrected chi connectivity index (χ2v) is 22.5. The maximum atomic E-state index is 14.9.